The van der Waals surface area contributed by atoms with E-state index >= 15 is 0 Å². The highest BCUT2D eigenvalue weighted by atomic mass is 35.5. The Bertz CT molecular complexity index is 504. The van der Waals surface area contributed by atoms with Crippen molar-refractivity contribution in [3.63, 3.8) is 0 Å². The topological polar surface area (TPSA) is 12.5 Å². The molecule has 0 radical (unpaired) electrons. The summed E-state index contributed by atoms with van der Waals surface area (Å²) in [5.41, 5.74) is 2.05. The highest BCUT2D eigenvalue weighted by molar-refractivity contribution is 6.32. The van der Waals surface area contributed by atoms with Crippen LogP contribution in [0, 0.1) is 0 Å². The molecule has 1 saturated heterocycles. The lowest BCUT2D eigenvalue weighted by Gasteiger charge is -2.01. The standard InChI is InChI=1S/C14H10Cl2O/c15-11-7-3-1-5-9(11)13-14(17-13)10-6-2-4-8-12(10)16/h1-8,13-14H/t13-,14-/m0/s1. The lowest BCUT2D eigenvalue weighted by atomic mass is 10.0. The van der Waals surface area contributed by atoms with Gasteiger partial charge in [0.25, 0.3) is 0 Å². The minimum absolute atomic E-state index is 0.0311. The maximum Gasteiger partial charge on any atom is 0.115 e. The zero-order valence-electron chi connectivity index (χ0n) is 8.94. The molecule has 2 atom stereocenters. The Morgan fingerprint density at radius 2 is 1.12 bits per heavy atom. The lowest BCUT2D eigenvalue weighted by molar-refractivity contribution is 0.378. The van der Waals surface area contributed by atoms with Gasteiger partial charge in [0.15, 0.2) is 0 Å². The maximum absolute atomic E-state index is 6.14. The summed E-state index contributed by atoms with van der Waals surface area (Å²) in [6.45, 7) is 0. The number of rotatable bonds is 2. The lowest BCUT2D eigenvalue weighted by Crippen LogP contribution is -1.86. The SMILES string of the molecule is Clc1ccccc1[C@@H]1O[C@H]1c1ccccc1Cl. The molecule has 1 aliphatic rings. The van der Waals surface area contributed by atoms with Crippen molar-refractivity contribution in [3.8, 4) is 0 Å². The van der Waals surface area contributed by atoms with Crippen LogP contribution < -0.4 is 0 Å². The Kier molecular flexibility index (Phi) is 2.83. The molecule has 2 aromatic carbocycles. The Balaban J connectivity index is 1.89. The van der Waals surface area contributed by atoms with E-state index in [9.17, 15) is 0 Å². The van der Waals surface area contributed by atoms with Crippen molar-refractivity contribution >= 4 is 23.2 Å². The van der Waals surface area contributed by atoms with E-state index in [1.54, 1.807) is 0 Å². The third-order valence-electron chi connectivity index (χ3n) is 2.92. The zero-order chi connectivity index (χ0) is 11.8. The van der Waals surface area contributed by atoms with Crippen LogP contribution >= 0.6 is 23.2 Å². The number of hydrogen-bond donors (Lipinski definition) is 0. The van der Waals surface area contributed by atoms with Crippen LogP contribution in [0.4, 0.5) is 0 Å². The van der Waals surface area contributed by atoms with E-state index in [0.717, 1.165) is 21.2 Å². The van der Waals surface area contributed by atoms with E-state index in [-0.39, 0.29) is 12.2 Å². The van der Waals surface area contributed by atoms with Crippen LogP contribution in [0.5, 0.6) is 0 Å². The summed E-state index contributed by atoms with van der Waals surface area (Å²) in [5.74, 6) is 0. The Labute approximate surface area is 110 Å². The molecule has 0 aliphatic carbocycles. The van der Waals surface area contributed by atoms with Gasteiger partial charge in [-0.1, -0.05) is 59.6 Å². The highest BCUT2D eigenvalue weighted by Gasteiger charge is 2.43. The number of benzene rings is 2. The smallest absolute Gasteiger partial charge is 0.115 e. The summed E-state index contributed by atoms with van der Waals surface area (Å²) in [6, 6.07) is 15.5. The Morgan fingerprint density at radius 1 is 0.706 bits per heavy atom. The summed E-state index contributed by atoms with van der Waals surface area (Å²) in [6.07, 6.45) is 0.0622. The fraction of sp³-hybridized carbons (Fsp3) is 0.143. The van der Waals surface area contributed by atoms with Crippen LogP contribution in [0.1, 0.15) is 23.3 Å². The van der Waals surface area contributed by atoms with Crippen LogP contribution in [-0.2, 0) is 4.74 Å². The first-order chi connectivity index (χ1) is 8.27. The summed E-state index contributed by atoms with van der Waals surface area (Å²) in [7, 11) is 0. The van der Waals surface area contributed by atoms with Gasteiger partial charge in [0.1, 0.15) is 12.2 Å². The quantitative estimate of drug-likeness (QED) is 0.710. The van der Waals surface area contributed by atoms with Crippen molar-refractivity contribution in [2.45, 2.75) is 12.2 Å². The monoisotopic (exact) mass is 264 g/mol. The predicted octanol–water partition coefficient (Wildman–Crippen LogP) is 4.81. The largest absolute Gasteiger partial charge is 0.359 e. The van der Waals surface area contributed by atoms with Crippen molar-refractivity contribution in [3.05, 3.63) is 69.7 Å². The molecule has 3 rings (SSSR count). The molecule has 1 heterocycles. The molecule has 1 fully saturated rings. The van der Waals surface area contributed by atoms with Crippen molar-refractivity contribution in [2.75, 3.05) is 0 Å². The van der Waals surface area contributed by atoms with Gasteiger partial charge in [-0.3, -0.25) is 0 Å². The molecule has 0 aromatic heterocycles. The van der Waals surface area contributed by atoms with Gasteiger partial charge in [0.2, 0.25) is 0 Å². The third-order valence-corrected chi connectivity index (χ3v) is 3.60. The van der Waals surface area contributed by atoms with Gasteiger partial charge in [-0.25, -0.2) is 0 Å². The minimum Gasteiger partial charge on any atom is -0.359 e. The first-order valence-electron chi connectivity index (χ1n) is 5.41. The van der Waals surface area contributed by atoms with Crippen LogP contribution in [0.25, 0.3) is 0 Å². The first kappa shape index (κ1) is 11.1. The number of epoxide rings is 1. The molecular formula is C14H10Cl2O. The molecule has 0 unspecified atom stereocenters. The summed E-state index contributed by atoms with van der Waals surface area (Å²) >= 11 is 12.3. The molecule has 0 bridgehead atoms. The van der Waals surface area contributed by atoms with Crippen LogP contribution in [0.3, 0.4) is 0 Å². The first-order valence-corrected chi connectivity index (χ1v) is 6.17. The highest BCUT2D eigenvalue weighted by Crippen LogP contribution is 2.53. The Hall–Kier alpha value is -1.02. The van der Waals surface area contributed by atoms with E-state index in [4.69, 9.17) is 27.9 Å². The van der Waals surface area contributed by atoms with Gasteiger partial charge in [0, 0.05) is 21.2 Å². The number of ether oxygens (including phenoxy) is 1. The van der Waals surface area contributed by atoms with Crippen LogP contribution in [-0.4, -0.2) is 0 Å². The van der Waals surface area contributed by atoms with Gasteiger partial charge in [-0.15, -0.1) is 0 Å². The van der Waals surface area contributed by atoms with E-state index in [1.807, 2.05) is 48.5 Å². The molecule has 2 aromatic rings. The predicted molar refractivity (Wildman–Crippen MR) is 69.5 cm³/mol. The summed E-state index contributed by atoms with van der Waals surface area (Å²) in [4.78, 5) is 0. The maximum atomic E-state index is 6.14. The van der Waals surface area contributed by atoms with Gasteiger partial charge in [-0.05, 0) is 12.1 Å². The molecule has 17 heavy (non-hydrogen) atoms. The fourth-order valence-corrected chi connectivity index (χ4v) is 2.48. The molecular weight excluding hydrogens is 255 g/mol. The molecule has 0 amide bonds. The minimum atomic E-state index is 0.0311. The van der Waals surface area contributed by atoms with Gasteiger partial charge < -0.3 is 4.74 Å². The second-order valence-corrected chi connectivity index (χ2v) is 4.83. The van der Waals surface area contributed by atoms with Crippen molar-refractivity contribution < 1.29 is 4.74 Å². The van der Waals surface area contributed by atoms with Crippen molar-refractivity contribution in [2.24, 2.45) is 0 Å². The molecule has 3 heteroatoms. The van der Waals surface area contributed by atoms with E-state index in [0.29, 0.717) is 0 Å². The molecule has 0 N–H and O–H groups in total. The van der Waals surface area contributed by atoms with Crippen LogP contribution in [0.15, 0.2) is 48.5 Å². The molecule has 0 spiro atoms. The number of hydrogen-bond acceptors (Lipinski definition) is 1. The Morgan fingerprint density at radius 3 is 1.53 bits per heavy atom. The van der Waals surface area contributed by atoms with Gasteiger partial charge in [-0.2, -0.15) is 0 Å². The zero-order valence-corrected chi connectivity index (χ0v) is 10.4. The average molecular weight is 265 g/mol. The average Bonchev–Trinajstić information content (AvgIpc) is 3.10. The van der Waals surface area contributed by atoms with Gasteiger partial charge >= 0.3 is 0 Å². The van der Waals surface area contributed by atoms with Crippen LogP contribution in [0.2, 0.25) is 10.0 Å². The fourth-order valence-electron chi connectivity index (χ4n) is 2.00. The summed E-state index contributed by atoms with van der Waals surface area (Å²) < 4.78 is 5.68. The molecule has 1 nitrogen and oxygen atoms in total. The van der Waals surface area contributed by atoms with Gasteiger partial charge in [0.05, 0.1) is 0 Å². The van der Waals surface area contributed by atoms with E-state index in [1.165, 1.54) is 0 Å². The normalized spacial score (nSPS) is 22.5. The second-order valence-electron chi connectivity index (χ2n) is 4.02. The molecule has 1 aliphatic heterocycles. The summed E-state index contributed by atoms with van der Waals surface area (Å²) in [5, 5.41) is 1.49. The second kappa shape index (κ2) is 4.34. The molecule has 0 saturated carbocycles. The number of halogens is 2. The van der Waals surface area contributed by atoms with Crippen molar-refractivity contribution in [1.29, 1.82) is 0 Å². The van der Waals surface area contributed by atoms with E-state index < -0.39 is 0 Å². The van der Waals surface area contributed by atoms with Crippen molar-refractivity contribution in [1.82, 2.24) is 0 Å². The molecule has 86 valence electrons. The third kappa shape index (κ3) is 2.06. The van der Waals surface area contributed by atoms with E-state index in [2.05, 4.69) is 0 Å².